The highest BCUT2D eigenvalue weighted by atomic mass is 35.5. The molecule has 3 rings (SSSR count). The maximum Gasteiger partial charge on any atom is 0.277 e. The number of nitrogens with zero attached hydrogens (tertiary/aromatic N) is 6. The van der Waals surface area contributed by atoms with E-state index in [1.165, 1.54) is 15.6 Å². The third kappa shape index (κ3) is 2.27. The van der Waals surface area contributed by atoms with Crippen LogP contribution in [-0.2, 0) is 7.05 Å². The predicted octanol–water partition coefficient (Wildman–Crippen LogP) is 1.59. The van der Waals surface area contributed by atoms with Gasteiger partial charge in [0.1, 0.15) is 5.39 Å². The van der Waals surface area contributed by atoms with E-state index in [1.54, 1.807) is 25.5 Å². The van der Waals surface area contributed by atoms with Gasteiger partial charge in [-0.1, -0.05) is 13.8 Å². The van der Waals surface area contributed by atoms with Gasteiger partial charge in [-0.05, 0) is 17.7 Å². The Hall–Kier alpha value is -2.28. The molecule has 0 atom stereocenters. The Balaban J connectivity index is 0.000000704. The van der Waals surface area contributed by atoms with Gasteiger partial charge < -0.3 is 0 Å². The van der Waals surface area contributed by atoms with Gasteiger partial charge in [-0.15, -0.1) is 0 Å². The molecular formula is C12H13ClN6O. The molecule has 8 heteroatoms. The minimum Gasteiger partial charge on any atom is -0.267 e. The summed E-state index contributed by atoms with van der Waals surface area (Å²) < 4.78 is 2.86. The van der Waals surface area contributed by atoms with Gasteiger partial charge in [0.2, 0.25) is 5.28 Å². The van der Waals surface area contributed by atoms with Crippen molar-refractivity contribution in [3.8, 4) is 5.95 Å². The van der Waals surface area contributed by atoms with Crippen LogP contribution in [0.25, 0.3) is 17.0 Å². The summed E-state index contributed by atoms with van der Waals surface area (Å²) in [5.74, 6) is 0.349. The van der Waals surface area contributed by atoms with E-state index in [0.717, 1.165) is 0 Å². The first-order valence-electron chi connectivity index (χ1n) is 6.06. The lowest BCUT2D eigenvalue weighted by atomic mass is 10.4. The molecule has 104 valence electrons. The van der Waals surface area contributed by atoms with Crippen molar-refractivity contribution in [2.75, 3.05) is 0 Å². The average Bonchev–Trinajstić information content (AvgIpc) is 2.73. The molecule has 7 nitrogen and oxygen atoms in total. The van der Waals surface area contributed by atoms with Crippen LogP contribution >= 0.6 is 11.6 Å². The maximum atomic E-state index is 12.0. The van der Waals surface area contributed by atoms with Crippen molar-refractivity contribution >= 4 is 22.6 Å². The van der Waals surface area contributed by atoms with Crippen LogP contribution in [0, 0.1) is 0 Å². The smallest absolute Gasteiger partial charge is 0.267 e. The predicted molar refractivity (Wildman–Crippen MR) is 76.1 cm³/mol. The van der Waals surface area contributed by atoms with Gasteiger partial charge in [0, 0.05) is 25.6 Å². The SMILES string of the molecule is CC.Cn1c(=O)c2cnc(Cl)nc2n1-c1ncccn1. The number of rotatable bonds is 1. The van der Waals surface area contributed by atoms with Gasteiger partial charge in [0.25, 0.3) is 11.5 Å². The van der Waals surface area contributed by atoms with Crippen LogP contribution in [0.4, 0.5) is 0 Å². The number of hydrogen-bond donors (Lipinski definition) is 0. The van der Waals surface area contributed by atoms with Crippen LogP contribution < -0.4 is 5.56 Å². The molecule has 0 unspecified atom stereocenters. The lowest BCUT2D eigenvalue weighted by molar-refractivity contribution is 0.627. The molecule has 3 heterocycles. The fourth-order valence-electron chi connectivity index (χ4n) is 1.70. The third-order valence-corrected chi connectivity index (χ3v) is 2.69. The van der Waals surface area contributed by atoms with Gasteiger partial charge >= 0.3 is 0 Å². The summed E-state index contributed by atoms with van der Waals surface area (Å²) in [6, 6.07) is 1.69. The minimum absolute atomic E-state index is 0.0674. The Labute approximate surface area is 119 Å². The Morgan fingerprint density at radius 2 is 1.80 bits per heavy atom. The Morgan fingerprint density at radius 1 is 1.15 bits per heavy atom. The summed E-state index contributed by atoms with van der Waals surface area (Å²) in [6.07, 6.45) is 4.56. The van der Waals surface area contributed by atoms with E-state index in [2.05, 4.69) is 19.9 Å². The summed E-state index contributed by atoms with van der Waals surface area (Å²) in [5.41, 5.74) is 0.155. The molecule has 0 radical (unpaired) electrons. The Bertz CT molecular complexity index is 780. The number of aromatic nitrogens is 6. The fourth-order valence-corrected chi connectivity index (χ4v) is 1.83. The Morgan fingerprint density at radius 3 is 2.45 bits per heavy atom. The molecule has 0 spiro atoms. The van der Waals surface area contributed by atoms with E-state index < -0.39 is 0 Å². The fraction of sp³-hybridized carbons (Fsp3) is 0.250. The summed E-state index contributed by atoms with van der Waals surface area (Å²) >= 11 is 5.75. The molecule has 0 aromatic carbocycles. The van der Waals surface area contributed by atoms with Crippen molar-refractivity contribution in [3.05, 3.63) is 40.3 Å². The second kappa shape index (κ2) is 5.79. The third-order valence-electron chi connectivity index (χ3n) is 2.51. The zero-order valence-corrected chi connectivity index (χ0v) is 12.0. The van der Waals surface area contributed by atoms with Crippen LogP contribution in [-0.4, -0.2) is 29.3 Å². The van der Waals surface area contributed by atoms with E-state index in [-0.39, 0.29) is 10.8 Å². The van der Waals surface area contributed by atoms with Gasteiger partial charge in [0.05, 0.1) is 0 Å². The molecular weight excluding hydrogens is 280 g/mol. The molecule has 0 saturated heterocycles. The summed E-state index contributed by atoms with van der Waals surface area (Å²) in [4.78, 5) is 28.0. The minimum atomic E-state index is -0.228. The van der Waals surface area contributed by atoms with Gasteiger partial charge in [0.15, 0.2) is 5.65 Å². The normalized spacial score (nSPS) is 10.2. The summed E-state index contributed by atoms with van der Waals surface area (Å²) in [7, 11) is 1.61. The lowest BCUT2D eigenvalue weighted by Gasteiger charge is -2.04. The van der Waals surface area contributed by atoms with E-state index in [0.29, 0.717) is 17.0 Å². The molecule has 0 fully saturated rings. The largest absolute Gasteiger partial charge is 0.277 e. The van der Waals surface area contributed by atoms with Crippen molar-refractivity contribution in [2.45, 2.75) is 13.8 Å². The van der Waals surface area contributed by atoms with Gasteiger partial charge in [-0.2, -0.15) is 9.67 Å². The van der Waals surface area contributed by atoms with Gasteiger partial charge in [-0.3, -0.25) is 4.79 Å². The Kier molecular flexibility index (Phi) is 4.09. The van der Waals surface area contributed by atoms with Crippen molar-refractivity contribution in [2.24, 2.45) is 7.05 Å². The van der Waals surface area contributed by atoms with Crippen molar-refractivity contribution in [3.63, 3.8) is 0 Å². The zero-order chi connectivity index (χ0) is 14.7. The number of halogens is 1. The molecule has 20 heavy (non-hydrogen) atoms. The van der Waals surface area contributed by atoms with E-state index in [9.17, 15) is 4.79 Å². The summed E-state index contributed by atoms with van der Waals surface area (Å²) in [5, 5.41) is 0.437. The maximum absolute atomic E-state index is 12.0. The highest BCUT2D eigenvalue weighted by molar-refractivity contribution is 6.28. The molecule has 0 aliphatic heterocycles. The van der Waals surface area contributed by atoms with Crippen molar-refractivity contribution in [1.29, 1.82) is 0 Å². The molecule has 3 aromatic heterocycles. The molecule has 0 N–H and O–H groups in total. The van der Waals surface area contributed by atoms with E-state index >= 15 is 0 Å². The van der Waals surface area contributed by atoms with Crippen LogP contribution in [0.2, 0.25) is 5.28 Å². The van der Waals surface area contributed by atoms with Crippen molar-refractivity contribution in [1.82, 2.24) is 29.3 Å². The lowest BCUT2D eigenvalue weighted by Crippen LogP contribution is -2.19. The first-order chi connectivity index (χ1) is 9.68. The standard InChI is InChI=1S/C10H7ClN6O.C2H6/c1-16-8(18)6-5-14-9(11)15-7(6)17(16)10-12-3-2-4-13-10;1-2/h2-5H,1H3;1-2H3. The molecule has 0 aliphatic rings. The average molecular weight is 293 g/mol. The highest BCUT2D eigenvalue weighted by Gasteiger charge is 2.15. The monoisotopic (exact) mass is 292 g/mol. The van der Waals surface area contributed by atoms with Gasteiger partial charge in [-0.25, -0.2) is 19.6 Å². The molecule has 0 aliphatic carbocycles. The van der Waals surface area contributed by atoms with Crippen LogP contribution in [0.1, 0.15) is 13.8 Å². The topological polar surface area (TPSA) is 78.5 Å². The van der Waals surface area contributed by atoms with Crippen LogP contribution in [0.5, 0.6) is 0 Å². The van der Waals surface area contributed by atoms with E-state index in [1.807, 2.05) is 13.8 Å². The quantitative estimate of drug-likeness (QED) is 0.636. The first kappa shape index (κ1) is 14.1. The van der Waals surface area contributed by atoms with Crippen LogP contribution in [0.3, 0.4) is 0 Å². The second-order valence-corrected chi connectivity index (χ2v) is 3.90. The van der Waals surface area contributed by atoms with Crippen LogP contribution in [0.15, 0.2) is 29.5 Å². The second-order valence-electron chi connectivity index (χ2n) is 3.57. The number of fused-ring (bicyclic) bond motifs is 1. The first-order valence-corrected chi connectivity index (χ1v) is 6.44. The highest BCUT2D eigenvalue weighted by Crippen LogP contribution is 2.12. The summed E-state index contributed by atoms with van der Waals surface area (Å²) in [6.45, 7) is 4.00. The van der Waals surface area contributed by atoms with E-state index in [4.69, 9.17) is 11.6 Å². The number of hydrogen-bond acceptors (Lipinski definition) is 5. The molecule has 3 aromatic rings. The zero-order valence-electron chi connectivity index (χ0n) is 11.3. The van der Waals surface area contributed by atoms with Crippen molar-refractivity contribution < 1.29 is 0 Å². The molecule has 0 bridgehead atoms. The molecule has 0 saturated carbocycles. The molecule has 0 amide bonds.